The molecule has 0 radical (unpaired) electrons. The van der Waals surface area contributed by atoms with Crippen LogP contribution < -0.4 is 11.2 Å². The molecule has 0 aliphatic heterocycles. The van der Waals surface area contributed by atoms with Gasteiger partial charge in [0.05, 0.1) is 10.9 Å². The van der Waals surface area contributed by atoms with E-state index in [-0.39, 0.29) is 27.9 Å². The fourth-order valence-corrected chi connectivity index (χ4v) is 2.02. The third-order valence-corrected chi connectivity index (χ3v) is 3.09. The van der Waals surface area contributed by atoms with Crippen molar-refractivity contribution in [1.82, 2.24) is 0 Å². The van der Waals surface area contributed by atoms with Gasteiger partial charge in [0, 0.05) is 11.8 Å². The summed E-state index contributed by atoms with van der Waals surface area (Å²) >= 11 is 0. The van der Waals surface area contributed by atoms with Gasteiger partial charge in [-0.25, -0.2) is 0 Å². The topological polar surface area (TPSA) is 96.7 Å². The van der Waals surface area contributed by atoms with E-state index >= 15 is 0 Å². The molecule has 0 unspecified atom stereocenters. The molecule has 3 rings (SSSR count). The van der Waals surface area contributed by atoms with Crippen molar-refractivity contribution in [3.63, 3.8) is 0 Å². The molecule has 5 heteroatoms. The molecule has 3 aromatic rings. The summed E-state index contributed by atoms with van der Waals surface area (Å²) in [5.41, 5.74) is 7.17. The van der Waals surface area contributed by atoms with Crippen molar-refractivity contribution in [1.29, 1.82) is 0 Å². The highest BCUT2D eigenvalue weighted by molar-refractivity contribution is 5.84. The van der Waals surface area contributed by atoms with Crippen LogP contribution in [-0.4, -0.2) is 10.2 Å². The Kier molecular flexibility index (Phi) is 2.61. The first-order chi connectivity index (χ1) is 9.56. The first-order valence-electron chi connectivity index (χ1n) is 5.89. The lowest BCUT2D eigenvalue weighted by Crippen LogP contribution is -2.04. The Labute approximate surface area is 113 Å². The van der Waals surface area contributed by atoms with Crippen LogP contribution in [0.25, 0.3) is 22.1 Å². The van der Waals surface area contributed by atoms with E-state index in [9.17, 15) is 15.0 Å². The maximum Gasteiger partial charge on any atom is 0.200 e. The fraction of sp³-hybridized carbons (Fsp3) is 0. The van der Waals surface area contributed by atoms with Gasteiger partial charge < -0.3 is 20.4 Å². The predicted octanol–water partition coefficient (Wildman–Crippen LogP) is 2.45. The van der Waals surface area contributed by atoms with E-state index in [0.29, 0.717) is 16.8 Å². The molecule has 0 aliphatic rings. The van der Waals surface area contributed by atoms with Crippen molar-refractivity contribution in [2.75, 3.05) is 5.73 Å². The molecule has 2 aromatic carbocycles. The molecule has 5 nitrogen and oxygen atoms in total. The van der Waals surface area contributed by atoms with Gasteiger partial charge >= 0.3 is 0 Å². The Bertz CT molecular complexity index is 850. The standard InChI is InChI=1S/C15H11NO4/c16-9-3-1-8(2-4-9)11-7-20-14-6-13(18)12(17)5-10(14)15(11)19/h1-7,17-18H,16H2. The van der Waals surface area contributed by atoms with Gasteiger partial charge in [-0.1, -0.05) is 12.1 Å². The van der Waals surface area contributed by atoms with Crippen molar-refractivity contribution >= 4 is 16.7 Å². The second-order valence-corrected chi connectivity index (χ2v) is 4.44. The Morgan fingerprint density at radius 3 is 2.35 bits per heavy atom. The van der Waals surface area contributed by atoms with E-state index in [0.717, 1.165) is 0 Å². The van der Waals surface area contributed by atoms with Gasteiger partial charge in [0.1, 0.15) is 11.8 Å². The number of benzene rings is 2. The second kappa shape index (κ2) is 4.31. The second-order valence-electron chi connectivity index (χ2n) is 4.44. The van der Waals surface area contributed by atoms with Gasteiger partial charge in [-0.2, -0.15) is 0 Å². The zero-order valence-corrected chi connectivity index (χ0v) is 10.3. The summed E-state index contributed by atoms with van der Waals surface area (Å²) in [5, 5.41) is 19.1. The van der Waals surface area contributed by atoms with Gasteiger partial charge in [0.15, 0.2) is 11.5 Å². The minimum atomic E-state index is -0.362. The third kappa shape index (κ3) is 1.85. The van der Waals surface area contributed by atoms with Crippen LogP contribution >= 0.6 is 0 Å². The number of hydrogen-bond acceptors (Lipinski definition) is 5. The number of anilines is 1. The van der Waals surface area contributed by atoms with Gasteiger partial charge in [-0.05, 0) is 23.8 Å². The molecule has 1 aromatic heterocycles. The van der Waals surface area contributed by atoms with Crippen molar-refractivity contribution in [3.8, 4) is 22.6 Å². The summed E-state index contributed by atoms with van der Waals surface area (Å²) < 4.78 is 5.34. The highest BCUT2D eigenvalue weighted by Gasteiger charge is 2.12. The summed E-state index contributed by atoms with van der Waals surface area (Å²) in [6, 6.07) is 9.21. The number of aromatic hydroxyl groups is 2. The number of phenolic OH excluding ortho intramolecular Hbond substituents is 2. The van der Waals surface area contributed by atoms with Crippen LogP contribution in [0.1, 0.15) is 0 Å². The van der Waals surface area contributed by atoms with E-state index < -0.39 is 0 Å². The van der Waals surface area contributed by atoms with Gasteiger partial charge in [-0.3, -0.25) is 4.79 Å². The number of hydrogen-bond donors (Lipinski definition) is 3. The van der Waals surface area contributed by atoms with Crippen LogP contribution in [0.3, 0.4) is 0 Å². The molecule has 0 atom stereocenters. The lowest BCUT2D eigenvalue weighted by atomic mass is 10.1. The van der Waals surface area contributed by atoms with E-state index in [1.165, 1.54) is 18.4 Å². The van der Waals surface area contributed by atoms with Gasteiger partial charge in [0.2, 0.25) is 5.43 Å². The molecule has 0 saturated heterocycles. The smallest absolute Gasteiger partial charge is 0.200 e. The molecule has 0 aliphatic carbocycles. The molecule has 20 heavy (non-hydrogen) atoms. The highest BCUT2D eigenvalue weighted by Crippen LogP contribution is 2.30. The number of nitrogen functional groups attached to an aromatic ring is 1. The Morgan fingerprint density at radius 1 is 1.00 bits per heavy atom. The predicted molar refractivity (Wildman–Crippen MR) is 75.7 cm³/mol. The highest BCUT2D eigenvalue weighted by atomic mass is 16.3. The van der Waals surface area contributed by atoms with Crippen LogP contribution in [0.2, 0.25) is 0 Å². The van der Waals surface area contributed by atoms with Crippen LogP contribution in [-0.2, 0) is 0 Å². The quantitative estimate of drug-likeness (QED) is 0.465. The third-order valence-electron chi connectivity index (χ3n) is 3.09. The lowest BCUT2D eigenvalue weighted by Gasteiger charge is -2.04. The molecule has 0 saturated carbocycles. The molecule has 0 spiro atoms. The van der Waals surface area contributed by atoms with Crippen molar-refractivity contribution < 1.29 is 14.6 Å². The summed E-state index contributed by atoms with van der Waals surface area (Å²) in [6.45, 7) is 0. The molecule has 0 amide bonds. The van der Waals surface area contributed by atoms with Crippen LogP contribution in [0.4, 0.5) is 5.69 Å². The summed E-state index contributed by atoms with van der Waals surface area (Å²) in [7, 11) is 0. The first-order valence-corrected chi connectivity index (χ1v) is 5.89. The van der Waals surface area contributed by atoms with Crippen LogP contribution in [0, 0.1) is 0 Å². The molecule has 0 bridgehead atoms. The van der Waals surface area contributed by atoms with E-state index in [4.69, 9.17) is 10.2 Å². The van der Waals surface area contributed by atoms with Crippen molar-refractivity contribution in [2.24, 2.45) is 0 Å². The van der Waals surface area contributed by atoms with Gasteiger partial charge in [-0.15, -0.1) is 0 Å². The van der Waals surface area contributed by atoms with Crippen LogP contribution in [0.15, 0.2) is 51.9 Å². The Morgan fingerprint density at radius 2 is 1.65 bits per heavy atom. The maximum atomic E-state index is 12.4. The van der Waals surface area contributed by atoms with Gasteiger partial charge in [0.25, 0.3) is 0 Å². The van der Waals surface area contributed by atoms with E-state index in [1.54, 1.807) is 24.3 Å². The number of nitrogens with two attached hydrogens (primary N) is 1. The maximum absolute atomic E-state index is 12.4. The Hall–Kier alpha value is -2.95. The summed E-state index contributed by atoms with van der Waals surface area (Å²) in [4.78, 5) is 12.4. The van der Waals surface area contributed by atoms with Crippen LogP contribution in [0.5, 0.6) is 11.5 Å². The minimum absolute atomic E-state index is 0.203. The molecule has 4 N–H and O–H groups in total. The van der Waals surface area contributed by atoms with Crippen molar-refractivity contribution in [3.05, 3.63) is 52.9 Å². The molecule has 0 fully saturated rings. The fourth-order valence-electron chi connectivity index (χ4n) is 2.02. The Balaban J connectivity index is 2.28. The summed E-state index contributed by atoms with van der Waals surface area (Å²) in [5.74, 6) is -0.694. The van der Waals surface area contributed by atoms with E-state index in [1.807, 2.05) is 0 Å². The van der Waals surface area contributed by atoms with E-state index in [2.05, 4.69) is 0 Å². The SMILES string of the molecule is Nc1ccc(-c2coc3cc(O)c(O)cc3c2=O)cc1. The minimum Gasteiger partial charge on any atom is -0.504 e. The molecule has 100 valence electrons. The summed E-state index contributed by atoms with van der Waals surface area (Å²) in [6.07, 6.45) is 1.33. The number of phenols is 2. The molecular weight excluding hydrogens is 258 g/mol. The number of fused-ring (bicyclic) bond motifs is 1. The first kappa shape index (κ1) is 12.1. The average Bonchev–Trinajstić information content (AvgIpc) is 2.43. The number of rotatable bonds is 1. The normalized spacial score (nSPS) is 10.8. The average molecular weight is 269 g/mol. The lowest BCUT2D eigenvalue weighted by molar-refractivity contribution is 0.403. The zero-order chi connectivity index (χ0) is 14.3. The monoisotopic (exact) mass is 269 g/mol. The van der Waals surface area contributed by atoms with Crippen molar-refractivity contribution in [2.45, 2.75) is 0 Å². The zero-order valence-electron chi connectivity index (χ0n) is 10.3. The largest absolute Gasteiger partial charge is 0.504 e. The molecule has 1 heterocycles. The molecular formula is C15H11NO4.